The van der Waals surface area contributed by atoms with Crippen molar-refractivity contribution in [1.82, 2.24) is 30.2 Å². The van der Waals surface area contributed by atoms with Gasteiger partial charge < -0.3 is 10.4 Å². The number of nitrogens with one attached hydrogen (secondary N) is 2. The number of hydrogen-bond donors (Lipinski definition) is 3. The minimum absolute atomic E-state index is 0.203. The predicted molar refractivity (Wildman–Crippen MR) is 142 cm³/mol. The zero-order valence-corrected chi connectivity index (χ0v) is 21.3. The first-order valence-corrected chi connectivity index (χ1v) is 13.0. The summed E-state index contributed by atoms with van der Waals surface area (Å²) in [5.41, 5.74) is 4.09. The van der Waals surface area contributed by atoms with Gasteiger partial charge in [0.2, 0.25) is 0 Å². The molecule has 4 heterocycles. The van der Waals surface area contributed by atoms with E-state index in [4.69, 9.17) is 0 Å². The van der Waals surface area contributed by atoms with Crippen LogP contribution in [0, 0.1) is 0 Å². The third-order valence-corrected chi connectivity index (χ3v) is 7.46. The summed E-state index contributed by atoms with van der Waals surface area (Å²) in [7, 11) is 0. The average molecular weight is 518 g/mol. The van der Waals surface area contributed by atoms with E-state index in [-0.39, 0.29) is 12.1 Å². The van der Waals surface area contributed by atoms with E-state index in [1.54, 1.807) is 18.6 Å². The van der Waals surface area contributed by atoms with Gasteiger partial charge in [0.05, 0.1) is 22.0 Å². The summed E-state index contributed by atoms with van der Waals surface area (Å²) in [6, 6.07) is 8.69. The molecule has 0 aliphatic carbocycles. The van der Waals surface area contributed by atoms with Crippen LogP contribution in [-0.2, 0) is 4.79 Å². The van der Waals surface area contributed by atoms with Gasteiger partial charge >= 0.3 is 12.0 Å². The normalized spacial score (nSPS) is 16.5. The van der Waals surface area contributed by atoms with Gasteiger partial charge in [0.1, 0.15) is 11.9 Å². The van der Waals surface area contributed by atoms with E-state index < -0.39 is 12.0 Å². The number of carboxylic acid groups (broad SMARTS) is 1. The molecule has 3 aromatic heterocycles. The van der Waals surface area contributed by atoms with Crippen LogP contribution in [-0.4, -0.2) is 61.1 Å². The number of nitrogens with zero attached hydrogens (tertiary/aromatic N) is 5. The number of aliphatic carboxylic acids is 1. The average Bonchev–Trinajstić information content (AvgIpc) is 3.55. The second-order valence-electron chi connectivity index (χ2n) is 8.83. The largest absolute Gasteiger partial charge is 0.480 e. The summed E-state index contributed by atoms with van der Waals surface area (Å²) >= 11 is 1.39. The van der Waals surface area contributed by atoms with Gasteiger partial charge in [-0.15, -0.1) is 0 Å². The Hall–Kier alpha value is -3.96. The molecule has 3 N–H and O–H groups in total. The summed E-state index contributed by atoms with van der Waals surface area (Å²) in [5.74, 6) is -0.217. The number of benzene rings is 1. The lowest BCUT2D eigenvalue weighted by Crippen LogP contribution is -2.38. The topological polar surface area (TPSA) is 133 Å². The van der Waals surface area contributed by atoms with Crippen molar-refractivity contribution in [2.75, 3.05) is 18.4 Å². The number of hydrogen-bond acceptors (Lipinski definition) is 8. The first-order valence-electron chi connectivity index (χ1n) is 12.2. The Morgan fingerprint density at radius 3 is 2.70 bits per heavy atom. The van der Waals surface area contributed by atoms with Crippen LogP contribution in [0.25, 0.3) is 32.6 Å². The first-order chi connectivity index (χ1) is 17.9. The smallest absolute Gasteiger partial charge is 0.321 e. The standard InChI is InChI=1S/C26H27N7O3S/c1-3-27-25(36)32-26-31-20-12-16(11-18(22(20)37-26)19-7-4-5-9-28-19)17-13-29-23(30-14-17)15(2)33-10-6-8-21(33)24(34)35/h4-5,7,9,11-15,21H,3,6,8,10H2,1-2H3,(H,34,35)(H2,27,31,32,36)/t15-,21+/m1/s1. The van der Waals surface area contributed by atoms with Crippen LogP contribution in [0.15, 0.2) is 48.9 Å². The Morgan fingerprint density at radius 2 is 2.00 bits per heavy atom. The molecule has 2 atom stereocenters. The number of aromatic nitrogens is 4. The lowest BCUT2D eigenvalue weighted by atomic mass is 10.0. The highest BCUT2D eigenvalue weighted by Gasteiger charge is 2.35. The van der Waals surface area contributed by atoms with Gasteiger partial charge in [-0.3, -0.25) is 20.0 Å². The monoisotopic (exact) mass is 517 g/mol. The molecular formula is C26H27N7O3S. The van der Waals surface area contributed by atoms with Crippen molar-refractivity contribution in [3.05, 3.63) is 54.7 Å². The number of amides is 2. The summed E-state index contributed by atoms with van der Waals surface area (Å²) in [6.07, 6.45) is 6.74. The van der Waals surface area contributed by atoms with Crippen molar-refractivity contribution in [2.24, 2.45) is 0 Å². The van der Waals surface area contributed by atoms with E-state index in [1.165, 1.54) is 11.3 Å². The Balaban J connectivity index is 1.50. The molecular weight excluding hydrogens is 490 g/mol. The van der Waals surface area contributed by atoms with Gasteiger partial charge in [-0.2, -0.15) is 0 Å². The minimum atomic E-state index is -0.805. The number of anilines is 1. The predicted octanol–water partition coefficient (Wildman–Crippen LogP) is 4.57. The molecule has 0 radical (unpaired) electrons. The number of likely N-dealkylation sites (tertiary alicyclic amines) is 1. The molecule has 4 aromatic rings. The molecule has 0 unspecified atom stereocenters. The number of pyridine rings is 1. The van der Waals surface area contributed by atoms with E-state index >= 15 is 0 Å². The molecule has 5 rings (SSSR count). The summed E-state index contributed by atoms with van der Waals surface area (Å²) in [6.45, 7) is 5.03. The van der Waals surface area contributed by atoms with Crippen molar-refractivity contribution in [3.8, 4) is 22.4 Å². The second kappa shape index (κ2) is 10.6. The molecule has 1 aliphatic rings. The SMILES string of the molecule is CCNC(=O)Nc1nc2cc(-c3cnc([C@@H](C)N4CCC[C@H]4C(=O)O)nc3)cc(-c3ccccn3)c2s1. The fourth-order valence-corrected chi connectivity index (χ4v) is 5.60. The van der Waals surface area contributed by atoms with Gasteiger partial charge in [0.25, 0.3) is 0 Å². The van der Waals surface area contributed by atoms with Crippen LogP contribution in [0.2, 0.25) is 0 Å². The van der Waals surface area contributed by atoms with Gasteiger partial charge in [-0.05, 0) is 63.1 Å². The molecule has 1 saturated heterocycles. The van der Waals surface area contributed by atoms with Crippen LogP contribution in [0.1, 0.15) is 38.6 Å². The lowest BCUT2D eigenvalue weighted by Gasteiger charge is -2.27. The van der Waals surface area contributed by atoms with E-state index in [0.29, 0.717) is 30.5 Å². The van der Waals surface area contributed by atoms with Crippen molar-refractivity contribution < 1.29 is 14.7 Å². The van der Waals surface area contributed by atoms with Crippen LogP contribution < -0.4 is 10.6 Å². The molecule has 1 aliphatic heterocycles. The third-order valence-electron chi connectivity index (χ3n) is 6.44. The molecule has 0 bridgehead atoms. The number of carbonyl (C=O) groups excluding carboxylic acids is 1. The third kappa shape index (κ3) is 5.13. The van der Waals surface area contributed by atoms with Crippen LogP contribution in [0.3, 0.4) is 0 Å². The van der Waals surface area contributed by atoms with Gasteiger partial charge in [0.15, 0.2) is 5.13 Å². The highest BCUT2D eigenvalue weighted by atomic mass is 32.1. The number of rotatable bonds is 7. The number of urea groups is 1. The number of thiazole rings is 1. The molecule has 37 heavy (non-hydrogen) atoms. The highest BCUT2D eigenvalue weighted by molar-refractivity contribution is 7.22. The molecule has 0 spiro atoms. The van der Waals surface area contributed by atoms with Crippen molar-refractivity contribution in [2.45, 2.75) is 38.8 Å². The number of carbonyl (C=O) groups is 2. The van der Waals surface area contributed by atoms with E-state index in [9.17, 15) is 14.7 Å². The highest BCUT2D eigenvalue weighted by Crippen LogP contribution is 2.38. The molecule has 0 saturated carbocycles. The first kappa shape index (κ1) is 24.7. The summed E-state index contributed by atoms with van der Waals surface area (Å²) in [4.78, 5) is 44.0. The van der Waals surface area contributed by atoms with Gasteiger partial charge in [0, 0.05) is 36.3 Å². The maximum Gasteiger partial charge on any atom is 0.321 e. The number of carboxylic acids is 1. The number of fused-ring (bicyclic) bond motifs is 1. The summed E-state index contributed by atoms with van der Waals surface area (Å²) < 4.78 is 0.911. The zero-order valence-electron chi connectivity index (χ0n) is 20.5. The Bertz CT molecular complexity index is 1430. The molecule has 1 fully saturated rings. The molecule has 10 nitrogen and oxygen atoms in total. The second-order valence-corrected chi connectivity index (χ2v) is 9.83. The molecule has 1 aromatic carbocycles. The van der Waals surface area contributed by atoms with Gasteiger partial charge in [-0.25, -0.2) is 19.7 Å². The van der Waals surface area contributed by atoms with E-state index in [1.807, 2.05) is 49.1 Å². The minimum Gasteiger partial charge on any atom is -0.480 e. The van der Waals surface area contributed by atoms with Crippen molar-refractivity contribution >= 4 is 38.7 Å². The van der Waals surface area contributed by atoms with Gasteiger partial charge in [-0.1, -0.05) is 17.4 Å². The van der Waals surface area contributed by atoms with Crippen LogP contribution in [0.5, 0.6) is 0 Å². The van der Waals surface area contributed by atoms with Crippen LogP contribution in [0.4, 0.5) is 9.93 Å². The molecule has 190 valence electrons. The zero-order chi connectivity index (χ0) is 25.9. The fourth-order valence-electron chi connectivity index (χ4n) is 4.64. The Labute approximate surface area is 217 Å². The van der Waals surface area contributed by atoms with Crippen molar-refractivity contribution in [1.29, 1.82) is 0 Å². The molecule has 2 amide bonds. The Kier molecular flexibility index (Phi) is 7.06. The van der Waals surface area contributed by atoms with Crippen LogP contribution >= 0.6 is 11.3 Å². The fraction of sp³-hybridized carbons (Fsp3) is 0.308. The van der Waals surface area contributed by atoms with Crippen molar-refractivity contribution in [3.63, 3.8) is 0 Å². The summed E-state index contributed by atoms with van der Waals surface area (Å²) in [5, 5.41) is 15.5. The maximum absolute atomic E-state index is 12.1. The lowest BCUT2D eigenvalue weighted by molar-refractivity contribution is -0.142. The van der Waals surface area contributed by atoms with E-state index in [0.717, 1.165) is 39.0 Å². The quantitative estimate of drug-likeness (QED) is 0.325. The Morgan fingerprint density at radius 1 is 1.19 bits per heavy atom. The maximum atomic E-state index is 12.1. The van der Waals surface area contributed by atoms with E-state index in [2.05, 4.69) is 30.6 Å². The molecule has 11 heteroatoms.